The molecule has 78 valence electrons. The lowest BCUT2D eigenvalue weighted by molar-refractivity contribution is 0.0952. The maximum atomic E-state index is 11.3. The normalized spacial score (nSPS) is 9.27. The van der Waals surface area contributed by atoms with Crippen molar-refractivity contribution < 1.29 is 4.79 Å². The van der Waals surface area contributed by atoms with Crippen LogP contribution in [0.5, 0.6) is 0 Å². The van der Waals surface area contributed by atoms with Crippen molar-refractivity contribution >= 4 is 5.91 Å². The highest BCUT2D eigenvalue weighted by molar-refractivity contribution is 5.93. The Morgan fingerprint density at radius 3 is 2.87 bits per heavy atom. The van der Waals surface area contributed by atoms with Gasteiger partial charge in [-0.15, -0.1) is 12.3 Å². The first-order valence-corrected chi connectivity index (χ1v) is 4.19. The molecule has 0 saturated carbocycles. The monoisotopic (exact) mass is 207 g/mol. The van der Waals surface area contributed by atoms with E-state index in [0.717, 1.165) is 6.20 Å². The quantitative estimate of drug-likeness (QED) is 0.430. The lowest BCUT2D eigenvalue weighted by atomic mass is 10.3. The molecule has 15 heavy (non-hydrogen) atoms. The number of carbonyl (C=O) groups excluding carboxylic acids is 1. The summed E-state index contributed by atoms with van der Waals surface area (Å²) in [6.45, 7) is 0.286. The number of terminal acetylenes is 1. The third kappa shape index (κ3) is 2.84. The van der Waals surface area contributed by atoms with Gasteiger partial charge in [0, 0.05) is 19.2 Å². The van der Waals surface area contributed by atoms with E-state index < -0.39 is 17.2 Å². The average molecular weight is 207 g/mol. The minimum Gasteiger partial charge on any atom is -0.351 e. The number of hydrogen-bond acceptors (Lipinski definition) is 3. The molecule has 0 spiro atoms. The van der Waals surface area contributed by atoms with Gasteiger partial charge in [-0.05, 0) is 0 Å². The highest BCUT2D eigenvalue weighted by Crippen LogP contribution is 1.84. The van der Waals surface area contributed by atoms with E-state index in [-0.39, 0.29) is 12.1 Å². The predicted octanol–water partition coefficient (Wildman–Crippen LogP) is -1.18. The summed E-state index contributed by atoms with van der Waals surface area (Å²) in [7, 11) is 0. The summed E-state index contributed by atoms with van der Waals surface area (Å²) in [4.78, 5) is 37.3. The second-order valence-corrected chi connectivity index (χ2v) is 2.70. The highest BCUT2D eigenvalue weighted by atomic mass is 16.2. The third-order valence-corrected chi connectivity index (χ3v) is 1.62. The van der Waals surface area contributed by atoms with Crippen LogP contribution in [0.3, 0.4) is 0 Å². The van der Waals surface area contributed by atoms with Crippen LogP contribution in [0.25, 0.3) is 0 Å². The second-order valence-electron chi connectivity index (χ2n) is 2.70. The van der Waals surface area contributed by atoms with Crippen LogP contribution in [0.4, 0.5) is 0 Å². The van der Waals surface area contributed by atoms with Crippen molar-refractivity contribution in [2.75, 3.05) is 6.54 Å². The summed E-state index contributed by atoms with van der Waals surface area (Å²) in [5.74, 6) is 1.77. The molecule has 1 amide bonds. The molecule has 0 bridgehead atoms. The summed E-state index contributed by atoms with van der Waals surface area (Å²) in [5.41, 5.74) is -1.52. The first-order chi connectivity index (χ1) is 7.15. The lowest BCUT2D eigenvalue weighted by Crippen LogP contribution is -2.33. The van der Waals surface area contributed by atoms with Crippen molar-refractivity contribution in [3.63, 3.8) is 0 Å². The molecule has 0 radical (unpaired) electrons. The van der Waals surface area contributed by atoms with Crippen LogP contribution < -0.4 is 16.6 Å². The van der Waals surface area contributed by atoms with Gasteiger partial charge in [0.2, 0.25) is 0 Å². The van der Waals surface area contributed by atoms with Gasteiger partial charge in [-0.1, -0.05) is 0 Å². The number of amides is 1. The minimum atomic E-state index is -0.725. The van der Waals surface area contributed by atoms with Crippen molar-refractivity contribution in [3.8, 4) is 12.3 Å². The van der Waals surface area contributed by atoms with E-state index in [4.69, 9.17) is 6.42 Å². The Balaban J connectivity index is 2.80. The van der Waals surface area contributed by atoms with E-state index in [1.165, 1.54) is 0 Å². The van der Waals surface area contributed by atoms with Crippen molar-refractivity contribution in [3.05, 3.63) is 32.6 Å². The van der Waals surface area contributed by atoms with Gasteiger partial charge in [0.25, 0.3) is 11.5 Å². The molecule has 0 aliphatic heterocycles. The summed E-state index contributed by atoms with van der Waals surface area (Å²) in [6, 6.07) is 0. The summed E-state index contributed by atoms with van der Waals surface area (Å²) in [5, 5.41) is 2.44. The average Bonchev–Trinajstić information content (AvgIpc) is 2.17. The molecule has 6 heteroatoms. The molecule has 1 aromatic rings. The number of aromatic nitrogens is 2. The summed E-state index contributed by atoms with van der Waals surface area (Å²) in [6.07, 6.45) is 6.43. The zero-order chi connectivity index (χ0) is 11.3. The summed E-state index contributed by atoms with van der Waals surface area (Å²) >= 11 is 0. The first kappa shape index (κ1) is 10.8. The fourth-order valence-corrected chi connectivity index (χ4v) is 0.922. The Labute approximate surface area is 84.7 Å². The Kier molecular flexibility index (Phi) is 3.46. The Morgan fingerprint density at radius 1 is 1.53 bits per heavy atom. The summed E-state index contributed by atoms with van der Waals surface area (Å²) < 4.78 is 0. The van der Waals surface area contributed by atoms with Crippen molar-refractivity contribution in [1.29, 1.82) is 0 Å². The van der Waals surface area contributed by atoms with Crippen LogP contribution in [-0.2, 0) is 0 Å². The van der Waals surface area contributed by atoms with Gasteiger partial charge in [0.05, 0.1) is 0 Å². The first-order valence-electron chi connectivity index (χ1n) is 4.19. The second kappa shape index (κ2) is 4.81. The molecule has 6 nitrogen and oxygen atoms in total. The molecule has 0 aromatic carbocycles. The van der Waals surface area contributed by atoms with Gasteiger partial charge in [0.1, 0.15) is 5.56 Å². The van der Waals surface area contributed by atoms with E-state index >= 15 is 0 Å². The number of carbonyl (C=O) groups is 1. The van der Waals surface area contributed by atoms with Crippen molar-refractivity contribution in [1.82, 2.24) is 15.3 Å². The number of H-pyrrole nitrogens is 2. The van der Waals surface area contributed by atoms with Crippen LogP contribution in [0, 0.1) is 12.3 Å². The maximum absolute atomic E-state index is 11.3. The predicted molar refractivity (Wildman–Crippen MR) is 53.5 cm³/mol. The van der Waals surface area contributed by atoms with E-state index in [1.807, 2.05) is 4.98 Å². The number of rotatable bonds is 3. The van der Waals surface area contributed by atoms with E-state index in [2.05, 4.69) is 16.2 Å². The molecule has 0 unspecified atom stereocenters. The maximum Gasteiger partial charge on any atom is 0.325 e. The molecule has 1 aromatic heterocycles. The molecule has 3 N–H and O–H groups in total. The SMILES string of the molecule is C#CCCNC(=O)c1c[nH]c(=O)[nH]c1=O. The lowest BCUT2D eigenvalue weighted by Gasteiger charge is -2.00. The number of aromatic amines is 2. The molecule has 0 atom stereocenters. The zero-order valence-corrected chi connectivity index (χ0v) is 7.79. The standard InChI is InChI=1S/C9H9N3O3/c1-2-3-4-10-7(13)6-5-11-9(15)12-8(6)14/h1,5H,3-4H2,(H,10,13)(H2,11,12,14,15). The van der Waals surface area contributed by atoms with Crippen LogP contribution in [0.2, 0.25) is 0 Å². The zero-order valence-electron chi connectivity index (χ0n) is 7.79. The molecule has 1 heterocycles. The van der Waals surface area contributed by atoms with Crippen LogP contribution >= 0.6 is 0 Å². The largest absolute Gasteiger partial charge is 0.351 e. The van der Waals surface area contributed by atoms with Gasteiger partial charge in [-0.2, -0.15) is 0 Å². The minimum absolute atomic E-state index is 0.147. The Bertz CT molecular complexity index is 506. The third-order valence-electron chi connectivity index (χ3n) is 1.62. The smallest absolute Gasteiger partial charge is 0.325 e. The molecule has 0 saturated heterocycles. The van der Waals surface area contributed by atoms with E-state index in [0.29, 0.717) is 6.42 Å². The molecule has 0 aliphatic rings. The molecular weight excluding hydrogens is 198 g/mol. The van der Waals surface area contributed by atoms with Crippen molar-refractivity contribution in [2.24, 2.45) is 0 Å². The molecular formula is C9H9N3O3. The van der Waals surface area contributed by atoms with E-state index in [9.17, 15) is 14.4 Å². The number of nitrogens with one attached hydrogen (secondary N) is 3. The van der Waals surface area contributed by atoms with Crippen LogP contribution in [0.15, 0.2) is 15.8 Å². The molecule has 1 rings (SSSR count). The van der Waals surface area contributed by atoms with Gasteiger partial charge < -0.3 is 10.3 Å². The molecule has 0 fully saturated rings. The van der Waals surface area contributed by atoms with E-state index in [1.54, 1.807) is 0 Å². The van der Waals surface area contributed by atoms with Crippen LogP contribution in [-0.4, -0.2) is 22.4 Å². The van der Waals surface area contributed by atoms with Gasteiger partial charge in [-0.3, -0.25) is 14.6 Å². The highest BCUT2D eigenvalue weighted by Gasteiger charge is 2.09. The topological polar surface area (TPSA) is 94.8 Å². The fraction of sp³-hybridized carbons (Fsp3) is 0.222. The Morgan fingerprint density at radius 2 is 2.27 bits per heavy atom. The van der Waals surface area contributed by atoms with Gasteiger partial charge in [0.15, 0.2) is 0 Å². The van der Waals surface area contributed by atoms with Crippen molar-refractivity contribution in [2.45, 2.75) is 6.42 Å². The van der Waals surface area contributed by atoms with Gasteiger partial charge in [-0.25, -0.2) is 4.79 Å². The van der Waals surface area contributed by atoms with Gasteiger partial charge >= 0.3 is 5.69 Å². The Hall–Kier alpha value is -2.29. The van der Waals surface area contributed by atoms with Crippen LogP contribution in [0.1, 0.15) is 16.8 Å². The number of hydrogen-bond donors (Lipinski definition) is 3. The fourth-order valence-electron chi connectivity index (χ4n) is 0.922. The molecule has 0 aliphatic carbocycles.